The molecule has 3 rings (SSSR count). The van der Waals surface area contributed by atoms with Crippen LogP contribution in [0, 0.1) is 6.92 Å². The van der Waals surface area contributed by atoms with E-state index in [-0.39, 0.29) is 36.4 Å². The lowest BCUT2D eigenvalue weighted by molar-refractivity contribution is 0.0810. The molecule has 0 aliphatic heterocycles. The van der Waals surface area contributed by atoms with Crippen molar-refractivity contribution in [3.63, 3.8) is 0 Å². The van der Waals surface area contributed by atoms with Crippen molar-refractivity contribution in [3.05, 3.63) is 78.1 Å². The molecule has 12 heteroatoms. The summed E-state index contributed by atoms with van der Waals surface area (Å²) < 4.78 is 13.2. The molecule has 1 aromatic carbocycles. The van der Waals surface area contributed by atoms with Crippen LogP contribution in [0.15, 0.2) is 38.4 Å². The van der Waals surface area contributed by atoms with Crippen LogP contribution in [0.25, 0.3) is 0 Å². The highest BCUT2D eigenvalue weighted by molar-refractivity contribution is 6.76. The van der Waals surface area contributed by atoms with E-state index < -0.39 is 25.4 Å². The molecule has 0 bridgehead atoms. The van der Waals surface area contributed by atoms with Gasteiger partial charge in [-0.05, 0) is 30.7 Å². The number of halogens is 2. The monoisotopic (exact) mass is 526 g/mol. The fourth-order valence-corrected chi connectivity index (χ4v) is 4.23. The maximum absolute atomic E-state index is 13.0. The normalized spacial score (nSPS) is 12.8. The van der Waals surface area contributed by atoms with Crippen LogP contribution < -0.4 is 11.2 Å². The number of aromatic nitrogens is 4. The van der Waals surface area contributed by atoms with E-state index in [0.29, 0.717) is 22.9 Å². The number of nitrogens with zero attached hydrogens (tertiary/aromatic N) is 4. The zero-order valence-corrected chi connectivity index (χ0v) is 22.1. The van der Waals surface area contributed by atoms with Crippen LogP contribution >= 0.6 is 23.2 Å². The predicted octanol–water partition coefficient (Wildman–Crippen LogP) is 3.64. The molecule has 0 saturated carbocycles. The van der Waals surface area contributed by atoms with Crippen molar-refractivity contribution in [2.24, 2.45) is 0 Å². The summed E-state index contributed by atoms with van der Waals surface area (Å²) in [6, 6.07) is 7.71. The number of hydrogen-bond acceptors (Lipinski definition) is 7. The molecule has 0 aliphatic carbocycles. The Hall–Kier alpha value is -2.24. The summed E-state index contributed by atoms with van der Waals surface area (Å²) >= 11 is 12.1. The molecule has 0 saturated heterocycles. The van der Waals surface area contributed by atoms with Crippen molar-refractivity contribution in [1.29, 1.82) is 0 Å². The Balaban J connectivity index is 1.75. The van der Waals surface area contributed by atoms with Gasteiger partial charge < -0.3 is 14.4 Å². The van der Waals surface area contributed by atoms with Gasteiger partial charge in [0.1, 0.15) is 18.3 Å². The van der Waals surface area contributed by atoms with Gasteiger partial charge in [0.05, 0.1) is 6.10 Å². The number of rotatable bonds is 10. The summed E-state index contributed by atoms with van der Waals surface area (Å²) in [5.74, 6) is 0.280. The number of ether oxygens (including phenoxy) is 1. The number of benzene rings is 1. The summed E-state index contributed by atoms with van der Waals surface area (Å²) in [5, 5.41) is 14.7. The van der Waals surface area contributed by atoms with E-state index in [4.69, 9.17) is 32.5 Å². The molecule has 9 nitrogen and oxygen atoms in total. The second-order valence-corrected chi connectivity index (χ2v) is 15.7. The van der Waals surface area contributed by atoms with Gasteiger partial charge in [-0.2, -0.15) is 4.98 Å². The van der Waals surface area contributed by atoms with E-state index in [1.807, 2.05) is 0 Å². The Morgan fingerprint density at radius 2 is 1.82 bits per heavy atom. The first-order chi connectivity index (χ1) is 16.0. The smallest absolute Gasteiger partial charge is 0.333 e. The maximum atomic E-state index is 13.0. The van der Waals surface area contributed by atoms with Crippen molar-refractivity contribution in [1.82, 2.24) is 19.3 Å². The first-order valence-corrected chi connectivity index (χ1v) is 15.2. The third-order valence-corrected chi connectivity index (χ3v) is 7.66. The summed E-state index contributed by atoms with van der Waals surface area (Å²) in [6.45, 7) is 8.55. The van der Waals surface area contributed by atoms with Crippen LogP contribution in [0.1, 0.15) is 29.1 Å². The Bertz CT molecular complexity index is 1250. The maximum Gasteiger partial charge on any atom is 0.333 e. The van der Waals surface area contributed by atoms with Gasteiger partial charge in [-0.25, -0.2) is 9.36 Å². The van der Waals surface area contributed by atoms with Crippen molar-refractivity contribution in [3.8, 4) is 0 Å². The molecule has 2 aromatic heterocycles. The zero-order chi connectivity index (χ0) is 25.0. The zero-order valence-electron chi connectivity index (χ0n) is 19.5. The fourth-order valence-electron chi connectivity index (χ4n) is 3.14. The lowest BCUT2D eigenvalue weighted by Crippen LogP contribution is -2.42. The van der Waals surface area contributed by atoms with E-state index in [0.717, 1.165) is 10.6 Å². The second-order valence-electron chi connectivity index (χ2n) is 9.23. The first kappa shape index (κ1) is 26.4. The molecule has 0 aliphatic rings. The summed E-state index contributed by atoms with van der Waals surface area (Å²) in [7, 11) is -1.28. The third-order valence-electron chi connectivity index (χ3n) is 5.27. The quantitative estimate of drug-likeness (QED) is 0.316. The summed E-state index contributed by atoms with van der Waals surface area (Å²) in [4.78, 5) is 29.9. The molecule has 3 aromatic rings. The van der Waals surface area contributed by atoms with Crippen LogP contribution in [-0.4, -0.2) is 39.1 Å². The van der Waals surface area contributed by atoms with Gasteiger partial charge in [0, 0.05) is 31.8 Å². The van der Waals surface area contributed by atoms with Gasteiger partial charge in [-0.15, -0.1) is 0 Å². The van der Waals surface area contributed by atoms with Gasteiger partial charge in [0.25, 0.3) is 5.56 Å². The molecular weight excluding hydrogens is 499 g/mol. The van der Waals surface area contributed by atoms with E-state index in [1.165, 1.54) is 4.57 Å². The lowest BCUT2D eigenvalue weighted by atomic mass is 10.1. The molecule has 1 unspecified atom stereocenters. The van der Waals surface area contributed by atoms with Crippen LogP contribution in [0.3, 0.4) is 0 Å². The highest BCUT2D eigenvalue weighted by Gasteiger charge is 2.19. The molecule has 1 N–H and O–H groups in total. The third kappa shape index (κ3) is 6.67. The van der Waals surface area contributed by atoms with Gasteiger partial charge >= 0.3 is 5.69 Å². The Morgan fingerprint density at radius 1 is 1.15 bits per heavy atom. The van der Waals surface area contributed by atoms with Crippen LogP contribution in [0.4, 0.5) is 0 Å². The fraction of sp³-hybridized carbons (Fsp3) is 0.455. The Kier molecular flexibility index (Phi) is 8.53. The Labute approximate surface area is 207 Å². The predicted molar refractivity (Wildman–Crippen MR) is 132 cm³/mol. The van der Waals surface area contributed by atoms with Gasteiger partial charge in [-0.1, -0.05) is 60.1 Å². The van der Waals surface area contributed by atoms with Gasteiger partial charge in [0.2, 0.25) is 5.89 Å². The van der Waals surface area contributed by atoms with Crippen molar-refractivity contribution in [2.45, 2.75) is 58.4 Å². The van der Waals surface area contributed by atoms with E-state index in [2.05, 4.69) is 29.8 Å². The summed E-state index contributed by atoms with van der Waals surface area (Å²) in [6.07, 6.45) is -0.783. The largest absolute Gasteiger partial charge is 0.388 e. The molecule has 1 atom stereocenters. The average Bonchev–Trinajstić information content (AvgIpc) is 3.21. The minimum absolute atomic E-state index is 0.0164. The molecule has 2 heterocycles. The molecule has 0 radical (unpaired) electrons. The molecule has 0 fully saturated rings. The standard InChI is InChI=1S/C22H28Cl2N4O5Si/c1-14-20(24)21(30)27(22(31)28(14)13-32-9-10-34(2,3)4)12-19-25-18(26-33-19)11-17(29)15-5-7-16(23)8-6-15/h5-8,17,29H,9-13H2,1-4H3. The lowest BCUT2D eigenvalue weighted by Gasteiger charge is -2.17. The second kappa shape index (κ2) is 11.0. The van der Waals surface area contributed by atoms with Crippen LogP contribution in [0.5, 0.6) is 0 Å². The average molecular weight is 527 g/mol. The number of aliphatic hydroxyl groups is 1. The highest BCUT2D eigenvalue weighted by atomic mass is 35.5. The minimum atomic E-state index is -1.28. The Morgan fingerprint density at radius 3 is 2.47 bits per heavy atom. The van der Waals surface area contributed by atoms with Crippen molar-refractivity contribution >= 4 is 31.3 Å². The topological polar surface area (TPSA) is 112 Å². The van der Waals surface area contributed by atoms with Crippen LogP contribution in [0.2, 0.25) is 35.7 Å². The number of aliphatic hydroxyl groups excluding tert-OH is 1. The number of hydrogen-bond donors (Lipinski definition) is 1. The van der Waals surface area contributed by atoms with Gasteiger partial charge in [-0.3, -0.25) is 9.36 Å². The van der Waals surface area contributed by atoms with Gasteiger partial charge in [0.15, 0.2) is 5.82 Å². The molecule has 0 spiro atoms. The molecular formula is C22H28Cl2N4O5Si. The van der Waals surface area contributed by atoms with Crippen molar-refractivity contribution < 1.29 is 14.4 Å². The highest BCUT2D eigenvalue weighted by Crippen LogP contribution is 2.19. The molecule has 184 valence electrons. The summed E-state index contributed by atoms with van der Waals surface area (Å²) in [5.41, 5.74) is -0.253. The SMILES string of the molecule is Cc1c(Cl)c(=O)n(Cc2nc(CC(O)c3ccc(Cl)cc3)no2)c(=O)n1COCC[Si](C)(C)C. The van der Waals surface area contributed by atoms with E-state index in [9.17, 15) is 14.7 Å². The first-order valence-electron chi connectivity index (χ1n) is 10.8. The van der Waals surface area contributed by atoms with Crippen LogP contribution in [-0.2, 0) is 24.4 Å². The molecule has 34 heavy (non-hydrogen) atoms. The molecule has 0 amide bonds. The van der Waals surface area contributed by atoms with Crippen molar-refractivity contribution in [2.75, 3.05) is 6.61 Å². The minimum Gasteiger partial charge on any atom is -0.388 e. The van der Waals surface area contributed by atoms with E-state index in [1.54, 1.807) is 31.2 Å². The van der Waals surface area contributed by atoms with E-state index >= 15 is 0 Å².